The lowest BCUT2D eigenvalue weighted by Gasteiger charge is -2.11. The Hall–Kier alpha value is -3.03. The van der Waals surface area contributed by atoms with Crippen molar-refractivity contribution in [2.75, 3.05) is 18.0 Å². The zero-order valence-electron chi connectivity index (χ0n) is 16.7. The van der Waals surface area contributed by atoms with E-state index in [0.29, 0.717) is 0 Å². The van der Waals surface area contributed by atoms with Crippen molar-refractivity contribution in [2.24, 2.45) is 10.2 Å². The molecule has 3 heterocycles. The van der Waals surface area contributed by atoms with Gasteiger partial charge in [0.25, 0.3) is 0 Å². The molecule has 1 aliphatic rings. The van der Waals surface area contributed by atoms with Crippen LogP contribution in [0.15, 0.2) is 64.8 Å². The molecular weight excluding hydrogens is 394 g/mol. The summed E-state index contributed by atoms with van der Waals surface area (Å²) in [6.45, 7) is 3.85. The Bertz CT molecular complexity index is 1190. The number of hydrogen-bond donors (Lipinski definition) is 2. The first-order valence-electron chi connectivity index (χ1n) is 10.2. The fourth-order valence-electron chi connectivity index (χ4n) is 3.73. The van der Waals surface area contributed by atoms with Crippen LogP contribution in [0.4, 0.5) is 15.8 Å². The lowest BCUT2D eigenvalue weighted by Crippen LogP contribution is -2.17. The van der Waals surface area contributed by atoms with Crippen LogP contribution in [0.25, 0.3) is 22.2 Å². The molecule has 1 fully saturated rings. The Labute approximate surface area is 178 Å². The summed E-state index contributed by atoms with van der Waals surface area (Å²) >= 11 is 1.60. The van der Waals surface area contributed by atoms with Crippen molar-refractivity contribution in [3.8, 4) is 11.3 Å². The highest BCUT2D eigenvalue weighted by Crippen LogP contribution is 2.41. The number of hydrogen-bond acceptors (Lipinski definition) is 6. The molecule has 0 radical (unpaired) electrons. The Balaban J connectivity index is 1.50. The highest BCUT2D eigenvalue weighted by molar-refractivity contribution is 7.19. The lowest BCUT2D eigenvalue weighted by atomic mass is 10.2. The smallest absolute Gasteiger partial charge is 0.188 e. The van der Waals surface area contributed by atoms with Crippen molar-refractivity contribution in [1.29, 1.82) is 0 Å². The van der Waals surface area contributed by atoms with Gasteiger partial charge in [-0.05, 0) is 44.0 Å². The summed E-state index contributed by atoms with van der Waals surface area (Å²) in [5.41, 5.74) is 4.47. The number of H-pyrrole nitrogens is 1. The highest BCUT2D eigenvalue weighted by atomic mass is 32.1. The summed E-state index contributed by atoms with van der Waals surface area (Å²) in [6.07, 6.45) is 1.89. The summed E-state index contributed by atoms with van der Waals surface area (Å²) in [5.74, 6) is 0. The summed E-state index contributed by atoms with van der Waals surface area (Å²) in [6, 6.07) is 18.0. The van der Waals surface area contributed by atoms with Crippen LogP contribution < -0.4 is 4.90 Å². The van der Waals surface area contributed by atoms with Crippen molar-refractivity contribution >= 4 is 38.1 Å². The van der Waals surface area contributed by atoms with Gasteiger partial charge >= 0.3 is 0 Å². The number of benzene rings is 2. The maximum atomic E-state index is 9.79. The second kappa shape index (κ2) is 8.01. The van der Waals surface area contributed by atoms with E-state index in [0.717, 1.165) is 56.8 Å². The van der Waals surface area contributed by atoms with Gasteiger partial charge in [0.1, 0.15) is 5.69 Å². The van der Waals surface area contributed by atoms with E-state index < -0.39 is 6.10 Å². The molecule has 2 N–H and O–H groups in total. The Morgan fingerprint density at radius 2 is 1.87 bits per heavy atom. The van der Waals surface area contributed by atoms with Crippen molar-refractivity contribution in [2.45, 2.75) is 25.9 Å². The molecular formula is C23H23N5OS. The summed E-state index contributed by atoms with van der Waals surface area (Å²) in [7, 11) is 0. The molecule has 1 atom stereocenters. The Kier molecular flexibility index (Phi) is 5.06. The number of nitrogens with one attached hydrogen (secondary N) is 1. The fourth-order valence-corrected chi connectivity index (χ4v) is 4.69. The second-order valence-corrected chi connectivity index (χ2v) is 8.54. The molecule has 152 valence electrons. The number of aliphatic hydroxyl groups is 1. The summed E-state index contributed by atoms with van der Waals surface area (Å²) in [5, 5.41) is 21.7. The molecule has 4 aromatic rings. The monoisotopic (exact) mass is 417 g/mol. The van der Waals surface area contributed by atoms with Gasteiger partial charge in [0.05, 0.1) is 11.8 Å². The first kappa shape index (κ1) is 19.0. The van der Waals surface area contributed by atoms with E-state index in [4.69, 9.17) is 4.98 Å². The summed E-state index contributed by atoms with van der Waals surface area (Å²) in [4.78, 5) is 10.5. The van der Waals surface area contributed by atoms with Crippen molar-refractivity contribution in [1.82, 2.24) is 9.97 Å². The number of nitrogens with zero attached hydrogens (tertiary/aromatic N) is 4. The first-order chi connectivity index (χ1) is 14.7. The van der Waals surface area contributed by atoms with Crippen molar-refractivity contribution < 1.29 is 5.11 Å². The van der Waals surface area contributed by atoms with Gasteiger partial charge in [0.2, 0.25) is 0 Å². The van der Waals surface area contributed by atoms with E-state index >= 15 is 0 Å². The molecule has 1 saturated heterocycles. The molecule has 2 aromatic heterocycles. The van der Waals surface area contributed by atoms with Crippen LogP contribution in [-0.2, 0) is 0 Å². The minimum Gasteiger partial charge on any atom is -0.387 e. The molecule has 0 amide bonds. The van der Waals surface area contributed by atoms with Crippen LogP contribution in [0.1, 0.15) is 31.6 Å². The fraction of sp³-hybridized carbons (Fsp3) is 0.261. The third-order valence-electron chi connectivity index (χ3n) is 5.35. The number of aromatic amines is 1. The van der Waals surface area contributed by atoms with Crippen LogP contribution in [0, 0.1) is 0 Å². The molecule has 0 saturated carbocycles. The predicted octanol–water partition coefficient (Wildman–Crippen LogP) is 6.36. The number of fused-ring (bicyclic) bond motifs is 1. The van der Waals surface area contributed by atoms with Crippen LogP contribution in [0.3, 0.4) is 0 Å². The van der Waals surface area contributed by atoms with E-state index in [-0.39, 0.29) is 0 Å². The van der Waals surface area contributed by atoms with Gasteiger partial charge in [-0.2, -0.15) is 0 Å². The molecule has 0 aliphatic carbocycles. The summed E-state index contributed by atoms with van der Waals surface area (Å²) < 4.78 is 0. The van der Waals surface area contributed by atoms with E-state index in [1.54, 1.807) is 18.3 Å². The standard InChI is InChI=1S/C23H23N5OS/c1-15(29)20-14-17-13-18(9-10-19(17)24-20)26-27-22-21(16-7-3-2-4-8-16)25-23(30-22)28-11-5-6-12-28/h2-4,7-10,13-15,24,29H,5-6,11-12H2,1H3/b27-26+. The minimum absolute atomic E-state index is 0.530. The van der Waals surface area contributed by atoms with Gasteiger partial charge in [-0.15, -0.1) is 10.2 Å². The van der Waals surface area contributed by atoms with E-state index in [1.165, 1.54) is 12.8 Å². The molecule has 6 nitrogen and oxygen atoms in total. The largest absolute Gasteiger partial charge is 0.387 e. The molecule has 30 heavy (non-hydrogen) atoms. The highest BCUT2D eigenvalue weighted by Gasteiger charge is 2.20. The quantitative estimate of drug-likeness (QED) is 0.371. The second-order valence-electron chi connectivity index (χ2n) is 7.58. The normalized spacial score (nSPS) is 15.5. The van der Waals surface area contributed by atoms with E-state index in [2.05, 4.69) is 32.2 Å². The van der Waals surface area contributed by atoms with Crippen LogP contribution in [0.5, 0.6) is 0 Å². The van der Waals surface area contributed by atoms with Crippen LogP contribution in [-0.4, -0.2) is 28.2 Å². The predicted molar refractivity (Wildman–Crippen MR) is 122 cm³/mol. The first-order valence-corrected chi connectivity index (χ1v) is 11.0. The minimum atomic E-state index is -0.530. The van der Waals surface area contributed by atoms with Gasteiger partial charge in [0.15, 0.2) is 10.1 Å². The number of aliphatic hydroxyl groups excluding tert-OH is 1. The van der Waals surface area contributed by atoms with Gasteiger partial charge in [-0.25, -0.2) is 4.98 Å². The number of anilines is 1. The third kappa shape index (κ3) is 3.74. The molecule has 1 unspecified atom stereocenters. The zero-order chi connectivity index (χ0) is 20.5. The zero-order valence-corrected chi connectivity index (χ0v) is 17.6. The molecule has 0 bridgehead atoms. The Morgan fingerprint density at radius 3 is 2.63 bits per heavy atom. The average Bonchev–Trinajstić information content (AvgIpc) is 3.51. The maximum Gasteiger partial charge on any atom is 0.188 e. The van der Waals surface area contributed by atoms with Crippen molar-refractivity contribution in [3.63, 3.8) is 0 Å². The number of rotatable bonds is 5. The van der Waals surface area contributed by atoms with Gasteiger partial charge in [0, 0.05) is 35.2 Å². The maximum absolute atomic E-state index is 9.79. The van der Waals surface area contributed by atoms with Crippen LogP contribution in [0.2, 0.25) is 0 Å². The number of aromatic nitrogens is 2. The number of azo groups is 1. The average molecular weight is 418 g/mol. The molecule has 0 spiro atoms. The van der Waals surface area contributed by atoms with E-state index in [1.807, 2.05) is 42.5 Å². The third-order valence-corrected chi connectivity index (χ3v) is 6.35. The van der Waals surface area contributed by atoms with E-state index in [9.17, 15) is 5.11 Å². The molecule has 5 rings (SSSR count). The Morgan fingerprint density at radius 1 is 1.07 bits per heavy atom. The van der Waals surface area contributed by atoms with Gasteiger partial charge in [-0.3, -0.25) is 0 Å². The molecule has 1 aliphatic heterocycles. The van der Waals surface area contributed by atoms with Gasteiger partial charge in [-0.1, -0.05) is 41.7 Å². The molecule has 2 aromatic carbocycles. The van der Waals surface area contributed by atoms with Crippen molar-refractivity contribution in [3.05, 3.63) is 60.3 Å². The van der Waals surface area contributed by atoms with Gasteiger partial charge < -0.3 is 15.0 Å². The van der Waals surface area contributed by atoms with Crippen LogP contribution >= 0.6 is 11.3 Å². The number of thiazole rings is 1. The SMILES string of the molecule is CC(O)c1cc2cc(/N=N/c3sc(N4CCCC4)nc3-c3ccccc3)ccc2[nH]1. The topological polar surface area (TPSA) is 76.9 Å². The lowest BCUT2D eigenvalue weighted by molar-refractivity contribution is 0.195. The molecule has 7 heteroatoms.